The van der Waals surface area contributed by atoms with Crippen LogP contribution in [0.2, 0.25) is 0 Å². The van der Waals surface area contributed by atoms with Crippen molar-refractivity contribution in [2.75, 3.05) is 59.8 Å². The summed E-state index contributed by atoms with van der Waals surface area (Å²) < 4.78 is 3.55. The van der Waals surface area contributed by atoms with Gasteiger partial charge in [0.25, 0.3) is 0 Å². The van der Waals surface area contributed by atoms with Crippen LogP contribution in [0.5, 0.6) is 0 Å². The van der Waals surface area contributed by atoms with Crippen LogP contribution in [-0.2, 0) is 13.1 Å². The van der Waals surface area contributed by atoms with Crippen molar-refractivity contribution in [3.05, 3.63) is 48.0 Å². The second-order valence-electron chi connectivity index (χ2n) is 9.24. The third-order valence-corrected chi connectivity index (χ3v) is 6.01. The van der Waals surface area contributed by atoms with Crippen molar-refractivity contribution in [1.29, 1.82) is 0 Å². The number of hydrogen-bond acceptors (Lipinski definition) is 3. The van der Waals surface area contributed by atoms with Crippen molar-refractivity contribution in [2.24, 2.45) is 5.73 Å². The number of anilines is 1. The van der Waals surface area contributed by atoms with Crippen LogP contribution in [0.15, 0.2) is 42.5 Å². The van der Waals surface area contributed by atoms with Crippen LogP contribution in [0, 0.1) is 0 Å². The highest BCUT2D eigenvalue weighted by atomic mass is 15.3. The zero-order valence-electron chi connectivity index (χ0n) is 19.4. The first kappa shape index (κ1) is 22.5. The smallest absolute Gasteiger partial charge is 0.215 e. The Bertz CT molecular complexity index is 994. The molecule has 0 aliphatic rings. The van der Waals surface area contributed by atoms with Gasteiger partial charge in [0, 0.05) is 55.7 Å². The first-order chi connectivity index (χ1) is 14.3. The first-order valence-electron chi connectivity index (χ1n) is 11.1. The van der Waals surface area contributed by atoms with E-state index < -0.39 is 0 Å². The topological polar surface area (TPSA) is 45.2 Å². The number of nitrogens with two attached hydrogens (primary N) is 1. The minimum Gasteiger partial charge on any atom is -0.377 e. The van der Waals surface area contributed by atoms with Gasteiger partial charge in [-0.2, -0.15) is 4.57 Å². The third kappa shape index (κ3) is 5.28. The van der Waals surface area contributed by atoms with Crippen molar-refractivity contribution in [2.45, 2.75) is 25.9 Å². The van der Waals surface area contributed by atoms with Crippen molar-refractivity contribution < 1.29 is 9.05 Å². The third-order valence-electron chi connectivity index (χ3n) is 6.01. The average Bonchev–Trinajstić information content (AvgIpc) is 2.72. The van der Waals surface area contributed by atoms with Crippen LogP contribution < -0.4 is 20.5 Å². The fraction of sp³-hybridized carbons (Fsp3) is 0.480. The Morgan fingerprint density at radius 1 is 0.933 bits per heavy atom. The summed E-state index contributed by atoms with van der Waals surface area (Å²) in [6.07, 6.45) is 2.22. The number of pyridine rings is 1. The Labute approximate surface area is 181 Å². The van der Waals surface area contributed by atoms with Crippen molar-refractivity contribution >= 4 is 27.5 Å². The number of hydrogen-bond donors (Lipinski definition) is 2. The van der Waals surface area contributed by atoms with E-state index in [0.717, 1.165) is 50.0 Å². The number of rotatable bonds is 10. The molecule has 0 spiro atoms. The van der Waals surface area contributed by atoms with Gasteiger partial charge in [-0.1, -0.05) is 6.07 Å². The molecule has 0 aliphatic heterocycles. The summed E-state index contributed by atoms with van der Waals surface area (Å²) in [5.74, 6) is 0. The highest BCUT2D eigenvalue weighted by Crippen LogP contribution is 2.23. The summed E-state index contributed by atoms with van der Waals surface area (Å²) in [4.78, 5) is 2.18. The van der Waals surface area contributed by atoms with E-state index in [1.807, 2.05) is 7.05 Å². The Kier molecular flexibility index (Phi) is 7.29. The van der Waals surface area contributed by atoms with Crippen molar-refractivity contribution in [3.63, 3.8) is 0 Å². The Balaban J connectivity index is 2.03. The Morgan fingerprint density at radius 3 is 2.27 bits per heavy atom. The quantitative estimate of drug-likeness (QED) is 0.307. The van der Waals surface area contributed by atoms with Crippen LogP contribution in [0.1, 0.15) is 18.4 Å². The molecule has 30 heavy (non-hydrogen) atoms. The fourth-order valence-corrected chi connectivity index (χ4v) is 4.25. The molecule has 5 nitrogen and oxygen atoms in total. The molecule has 0 unspecified atom stereocenters. The molecular formula is C25H39N5+2. The molecule has 0 amide bonds. The molecule has 3 aromatic rings. The summed E-state index contributed by atoms with van der Waals surface area (Å²) >= 11 is 0. The summed E-state index contributed by atoms with van der Waals surface area (Å²) in [5.41, 5.74) is 10.9. The van der Waals surface area contributed by atoms with Crippen molar-refractivity contribution in [1.82, 2.24) is 5.32 Å². The number of fused-ring (bicyclic) bond motifs is 2. The monoisotopic (exact) mass is 409 g/mol. The van der Waals surface area contributed by atoms with Crippen molar-refractivity contribution in [3.8, 4) is 0 Å². The highest BCUT2D eigenvalue weighted by molar-refractivity contribution is 5.90. The zero-order chi connectivity index (χ0) is 21.7. The van der Waals surface area contributed by atoms with Gasteiger partial charge in [0.1, 0.15) is 0 Å². The van der Waals surface area contributed by atoms with Gasteiger partial charge in [-0.25, -0.2) is 0 Å². The molecule has 1 heterocycles. The predicted octanol–water partition coefficient (Wildman–Crippen LogP) is 2.88. The van der Waals surface area contributed by atoms with Crippen LogP contribution in [0.3, 0.4) is 0 Å². The lowest BCUT2D eigenvalue weighted by Crippen LogP contribution is -2.44. The second-order valence-corrected chi connectivity index (χ2v) is 9.24. The molecule has 0 bridgehead atoms. The van der Waals surface area contributed by atoms with Crippen LogP contribution in [0.4, 0.5) is 5.69 Å². The molecule has 0 aliphatic carbocycles. The second kappa shape index (κ2) is 9.73. The summed E-state index contributed by atoms with van der Waals surface area (Å²) in [6.45, 7) is 4.95. The molecule has 162 valence electrons. The number of aryl methyl sites for hydroxylation is 1. The largest absolute Gasteiger partial charge is 0.377 e. The van der Waals surface area contributed by atoms with E-state index in [9.17, 15) is 0 Å². The number of nitrogens with one attached hydrogen (secondary N) is 1. The van der Waals surface area contributed by atoms with Gasteiger partial charge in [-0.15, -0.1) is 0 Å². The zero-order valence-corrected chi connectivity index (χ0v) is 19.4. The molecule has 3 N–H and O–H groups in total. The van der Waals surface area contributed by atoms with Gasteiger partial charge in [-0.05, 0) is 43.4 Å². The number of benzene rings is 2. The van der Waals surface area contributed by atoms with E-state index >= 15 is 0 Å². The van der Waals surface area contributed by atoms with Gasteiger partial charge in [0.05, 0.1) is 33.6 Å². The fourth-order valence-electron chi connectivity index (χ4n) is 4.25. The van der Waals surface area contributed by atoms with E-state index in [0.29, 0.717) is 0 Å². The lowest BCUT2D eigenvalue weighted by atomic mass is 10.1. The minimum atomic E-state index is 0.770. The first-order valence-corrected chi connectivity index (χ1v) is 11.1. The van der Waals surface area contributed by atoms with E-state index in [2.05, 4.69) is 85.4 Å². The molecule has 5 heteroatoms. The van der Waals surface area contributed by atoms with Gasteiger partial charge in [-0.3, -0.25) is 0 Å². The molecule has 0 fully saturated rings. The summed E-state index contributed by atoms with van der Waals surface area (Å²) in [5, 5.41) is 5.88. The maximum Gasteiger partial charge on any atom is 0.215 e. The number of quaternary nitrogens is 1. The van der Waals surface area contributed by atoms with E-state index in [4.69, 9.17) is 5.73 Å². The van der Waals surface area contributed by atoms with Crippen LogP contribution >= 0.6 is 0 Å². The van der Waals surface area contributed by atoms with E-state index in [1.165, 1.54) is 33.1 Å². The average molecular weight is 410 g/mol. The molecular weight excluding hydrogens is 370 g/mol. The van der Waals surface area contributed by atoms with Gasteiger partial charge in [0.2, 0.25) is 11.0 Å². The van der Waals surface area contributed by atoms with E-state index in [1.54, 1.807) is 0 Å². The normalized spacial score (nSPS) is 12.1. The van der Waals surface area contributed by atoms with E-state index in [-0.39, 0.29) is 0 Å². The Morgan fingerprint density at radius 2 is 1.60 bits per heavy atom. The summed E-state index contributed by atoms with van der Waals surface area (Å²) in [6, 6.07) is 16.0. The highest BCUT2D eigenvalue weighted by Gasteiger charge is 2.20. The molecule has 0 radical (unpaired) electrons. The Hall–Kier alpha value is -2.21. The minimum absolute atomic E-state index is 0.770. The summed E-state index contributed by atoms with van der Waals surface area (Å²) in [7, 11) is 10.8. The molecule has 0 saturated heterocycles. The number of nitrogens with zero attached hydrogens (tertiary/aromatic N) is 3. The number of aromatic nitrogens is 1. The van der Waals surface area contributed by atoms with Crippen LogP contribution in [-0.4, -0.2) is 59.4 Å². The molecule has 1 aromatic heterocycles. The maximum absolute atomic E-state index is 5.73. The predicted molar refractivity (Wildman–Crippen MR) is 129 cm³/mol. The standard InChI is InChI=1S/C25H39N5/c1-27-19-20-8-9-21-17-22-10-11-23(28(2)3)18-25(22)29(24(21)16-20)13-7-15-30(4,5)14-6-12-26/h8-11,16-18,27H,6-7,12-15,19,26H2,1-5H3/q+2. The lowest BCUT2D eigenvalue weighted by Gasteiger charge is -2.29. The lowest BCUT2D eigenvalue weighted by molar-refractivity contribution is -0.892. The van der Waals surface area contributed by atoms with Crippen LogP contribution in [0.25, 0.3) is 21.8 Å². The van der Waals surface area contributed by atoms with Gasteiger partial charge >= 0.3 is 0 Å². The van der Waals surface area contributed by atoms with Gasteiger partial charge in [0.15, 0.2) is 6.54 Å². The van der Waals surface area contributed by atoms with Gasteiger partial charge < -0.3 is 20.4 Å². The molecule has 0 saturated carbocycles. The SMILES string of the molecule is CNCc1ccc2cc3ccc(N(C)C)cc3[n+](CCC[N+](C)(C)CCCN)c2c1. The molecule has 2 aromatic carbocycles. The molecule has 3 rings (SSSR count). The molecule has 0 atom stereocenters. The maximum atomic E-state index is 5.73.